The molecule has 1 aromatic rings. The maximum absolute atomic E-state index is 12.3. The summed E-state index contributed by atoms with van der Waals surface area (Å²) in [6.45, 7) is 5.67. The highest BCUT2D eigenvalue weighted by Gasteiger charge is 2.27. The van der Waals surface area contributed by atoms with Crippen molar-refractivity contribution in [1.82, 2.24) is 14.9 Å². The zero-order valence-electron chi connectivity index (χ0n) is 11.3. The molecule has 2 N–H and O–H groups in total. The Morgan fingerprint density at radius 3 is 2.63 bits per heavy atom. The molecule has 2 rings (SSSR count). The summed E-state index contributed by atoms with van der Waals surface area (Å²) in [4.78, 5) is 28.1. The molecule has 1 fully saturated rings. The normalized spacial score (nSPS) is 16.5. The minimum atomic E-state index is -1.17. The van der Waals surface area contributed by atoms with E-state index < -0.39 is 11.5 Å². The fraction of sp³-hybridized carbons (Fsp3) is 0.615. The van der Waals surface area contributed by atoms with Crippen LogP contribution in [0.25, 0.3) is 0 Å². The second kappa shape index (κ2) is 5.52. The van der Waals surface area contributed by atoms with Crippen LogP contribution in [-0.2, 0) is 6.54 Å². The van der Waals surface area contributed by atoms with Crippen LogP contribution >= 0.6 is 0 Å². The maximum atomic E-state index is 12.3. The van der Waals surface area contributed by atoms with Gasteiger partial charge in [0.25, 0.3) is 5.56 Å². The first kappa shape index (κ1) is 13.7. The second-order valence-electron chi connectivity index (χ2n) is 4.80. The smallest absolute Gasteiger partial charge is 0.343 e. The second-order valence-corrected chi connectivity index (χ2v) is 4.80. The Morgan fingerprint density at radius 1 is 1.47 bits per heavy atom. The molecule has 0 unspecified atom stereocenters. The molecule has 0 amide bonds. The molecule has 6 heteroatoms. The molecule has 0 saturated carbocycles. The fourth-order valence-electron chi connectivity index (χ4n) is 2.65. The molecule has 0 aromatic carbocycles. The van der Waals surface area contributed by atoms with Gasteiger partial charge in [-0.1, -0.05) is 0 Å². The van der Waals surface area contributed by atoms with Gasteiger partial charge in [0.1, 0.15) is 11.4 Å². The van der Waals surface area contributed by atoms with Crippen LogP contribution in [0.2, 0.25) is 0 Å². The summed E-state index contributed by atoms with van der Waals surface area (Å²) in [6.07, 6.45) is 1.64. The minimum absolute atomic E-state index is 0.0604. The third-order valence-electron chi connectivity index (χ3n) is 3.64. The number of aromatic nitrogens is 2. The summed E-state index contributed by atoms with van der Waals surface area (Å²) >= 11 is 0. The van der Waals surface area contributed by atoms with Crippen molar-refractivity contribution in [2.45, 2.75) is 39.2 Å². The van der Waals surface area contributed by atoms with Crippen molar-refractivity contribution in [2.75, 3.05) is 13.1 Å². The predicted octanol–water partition coefficient (Wildman–Crippen LogP) is 0.737. The van der Waals surface area contributed by atoms with Crippen molar-refractivity contribution in [1.29, 1.82) is 0 Å². The Kier molecular flexibility index (Phi) is 3.99. The Labute approximate surface area is 111 Å². The van der Waals surface area contributed by atoms with E-state index in [1.54, 1.807) is 6.92 Å². The third kappa shape index (κ3) is 2.53. The first-order valence-electron chi connectivity index (χ1n) is 6.61. The number of carboxylic acid groups (broad SMARTS) is 1. The number of piperidine rings is 1. The average molecular weight is 265 g/mol. The number of carboxylic acids is 1. The monoisotopic (exact) mass is 265 g/mol. The molecule has 1 saturated heterocycles. The number of aryl methyl sites for hydroxylation is 1. The van der Waals surface area contributed by atoms with Gasteiger partial charge in [-0.3, -0.25) is 9.36 Å². The summed E-state index contributed by atoms with van der Waals surface area (Å²) in [5.41, 5.74) is -0.128. The molecule has 1 aromatic heterocycles. The van der Waals surface area contributed by atoms with Gasteiger partial charge in [0.2, 0.25) is 0 Å². The highest BCUT2D eigenvalue weighted by molar-refractivity contribution is 5.88. The van der Waals surface area contributed by atoms with Gasteiger partial charge in [0.05, 0.1) is 5.69 Å². The van der Waals surface area contributed by atoms with Crippen LogP contribution in [0.15, 0.2) is 4.79 Å². The topological polar surface area (TPSA) is 84.2 Å². The molecule has 19 heavy (non-hydrogen) atoms. The van der Waals surface area contributed by atoms with Crippen molar-refractivity contribution >= 4 is 5.97 Å². The summed E-state index contributed by atoms with van der Waals surface area (Å²) < 4.78 is 1.41. The van der Waals surface area contributed by atoms with Gasteiger partial charge < -0.3 is 10.4 Å². The lowest BCUT2D eigenvalue weighted by atomic mass is 9.91. The largest absolute Gasteiger partial charge is 0.477 e. The highest BCUT2D eigenvalue weighted by atomic mass is 16.4. The molecule has 0 atom stereocenters. The van der Waals surface area contributed by atoms with Crippen LogP contribution in [0.5, 0.6) is 0 Å². The van der Waals surface area contributed by atoms with Crippen molar-refractivity contribution in [2.24, 2.45) is 0 Å². The average Bonchev–Trinajstić information content (AvgIpc) is 2.39. The number of aromatic carboxylic acids is 1. The number of nitrogens with one attached hydrogen (secondary N) is 1. The quantitative estimate of drug-likeness (QED) is 0.842. The lowest BCUT2D eigenvalue weighted by Gasteiger charge is -2.24. The molecule has 2 heterocycles. The third-order valence-corrected chi connectivity index (χ3v) is 3.64. The van der Waals surface area contributed by atoms with Crippen LogP contribution in [0.3, 0.4) is 0 Å². The van der Waals surface area contributed by atoms with E-state index in [1.807, 2.05) is 6.92 Å². The standard InChI is InChI=1S/C13H19N3O3/c1-3-16-8(2)15-11(9-4-6-14-7-5-9)10(12(16)17)13(18)19/h9,14H,3-7H2,1-2H3,(H,18,19). The highest BCUT2D eigenvalue weighted by Crippen LogP contribution is 2.25. The molecular weight excluding hydrogens is 246 g/mol. The molecule has 6 nitrogen and oxygen atoms in total. The van der Waals surface area contributed by atoms with Crippen LogP contribution in [0.1, 0.15) is 47.6 Å². The number of hydrogen-bond donors (Lipinski definition) is 2. The molecule has 0 spiro atoms. The predicted molar refractivity (Wildman–Crippen MR) is 70.7 cm³/mol. The molecule has 1 aliphatic rings. The van der Waals surface area contributed by atoms with Crippen molar-refractivity contribution in [3.05, 3.63) is 27.4 Å². The zero-order chi connectivity index (χ0) is 14.0. The summed E-state index contributed by atoms with van der Waals surface area (Å²) in [6, 6.07) is 0. The molecule has 0 radical (unpaired) electrons. The molecular formula is C13H19N3O3. The lowest BCUT2D eigenvalue weighted by Crippen LogP contribution is -2.34. The maximum Gasteiger partial charge on any atom is 0.343 e. The lowest BCUT2D eigenvalue weighted by molar-refractivity contribution is 0.0691. The first-order valence-corrected chi connectivity index (χ1v) is 6.61. The van der Waals surface area contributed by atoms with E-state index in [0.717, 1.165) is 25.9 Å². The molecule has 0 bridgehead atoms. The van der Waals surface area contributed by atoms with Gasteiger partial charge in [-0.15, -0.1) is 0 Å². The van der Waals surface area contributed by atoms with E-state index in [4.69, 9.17) is 0 Å². The first-order chi connectivity index (χ1) is 9.06. The van der Waals surface area contributed by atoms with E-state index in [1.165, 1.54) is 4.57 Å². The van der Waals surface area contributed by atoms with E-state index in [0.29, 0.717) is 18.1 Å². The van der Waals surface area contributed by atoms with Crippen molar-refractivity contribution in [3.8, 4) is 0 Å². The number of carbonyl (C=O) groups is 1. The Bertz CT molecular complexity index is 545. The van der Waals surface area contributed by atoms with Crippen molar-refractivity contribution < 1.29 is 9.90 Å². The van der Waals surface area contributed by atoms with Crippen LogP contribution in [0.4, 0.5) is 0 Å². The molecule has 104 valence electrons. The van der Waals surface area contributed by atoms with Gasteiger partial charge in [-0.25, -0.2) is 9.78 Å². The van der Waals surface area contributed by atoms with Crippen LogP contribution in [0, 0.1) is 6.92 Å². The van der Waals surface area contributed by atoms with Gasteiger partial charge in [0, 0.05) is 12.5 Å². The van der Waals surface area contributed by atoms with E-state index in [-0.39, 0.29) is 11.5 Å². The fourth-order valence-corrected chi connectivity index (χ4v) is 2.65. The van der Waals surface area contributed by atoms with Gasteiger partial charge >= 0.3 is 5.97 Å². The summed E-state index contributed by atoms with van der Waals surface area (Å²) in [5, 5.41) is 12.5. The van der Waals surface area contributed by atoms with E-state index in [9.17, 15) is 14.7 Å². The van der Waals surface area contributed by atoms with Crippen LogP contribution in [-0.4, -0.2) is 33.7 Å². The van der Waals surface area contributed by atoms with Crippen molar-refractivity contribution in [3.63, 3.8) is 0 Å². The van der Waals surface area contributed by atoms with Gasteiger partial charge in [0.15, 0.2) is 0 Å². The van der Waals surface area contributed by atoms with E-state index in [2.05, 4.69) is 10.3 Å². The number of hydrogen-bond acceptors (Lipinski definition) is 4. The number of nitrogens with zero attached hydrogens (tertiary/aromatic N) is 2. The SMILES string of the molecule is CCn1c(C)nc(C2CCNCC2)c(C(=O)O)c1=O. The zero-order valence-corrected chi connectivity index (χ0v) is 11.3. The van der Waals surface area contributed by atoms with Gasteiger partial charge in [-0.2, -0.15) is 0 Å². The molecule has 1 aliphatic heterocycles. The van der Waals surface area contributed by atoms with Crippen LogP contribution < -0.4 is 10.9 Å². The minimum Gasteiger partial charge on any atom is -0.477 e. The summed E-state index contributed by atoms with van der Waals surface area (Å²) in [5.74, 6) is -0.524. The Morgan fingerprint density at radius 2 is 2.11 bits per heavy atom. The van der Waals surface area contributed by atoms with Gasteiger partial charge in [-0.05, 0) is 39.8 Å². The number of rotatable bonds is 3. The summed E-state index contributed by atoms with van der Waals surface area (Å²) in [7, 11) is 0. The Balaban J connectivity index is 2.59. The molecule has 0 aliphatic carbocycles. The van der Waals surface area contributed by atoms with E-state index >= 15 is 0 Å². The Hall–Kier alpha value is -1.69.